The summed E-state index contributed by atoms with van der Waals surface area (Å²) in [5.74, 6) is 0.155. The fourth-order valence-electron chi connectivity index (χ4n) is 2.13. The minimum atomic E-state index is -1.33. The summed E-state index contributed by atoms with van der Waals surface area (Å²) in [7, 11) is 0. The van der Waals surface area contributed by atoms with Gasteiger partial charge >= 0.3 is 0 Å². The van der Waals surface area contributed by atoms with Crippen LogP contribution in [0, 0.1) is 0 Å². The van der Waals surface area contributed by atoms with Gasteiger partial charge in [-0.3, -0.25) is 4.79 Å². The van der Waals surface area contributed by atoms with E-state index >= 15 is 0 Å². The van der Waals surface area contributed by atoms with Crippen molar-refractivity contribution in [3.63, 3.8) is 0 Å². The lowest BCUT2D eigenvalue weighted by Gasteiger charge is -2.29. The van der Waals surface area contributed by atoms with Gasteiger partial charge in [-0.15, -0.1) is 0 Å². The predicted octanol–water partition coefficient (Wildman–Crippen LogP) is 1.27. The summed E-state index contributed by atoms with van der Waals surface area (Å²) in [5, 5.41) is 0. The van der Waals surface area contributed by atoms with Gasteiger partial charge < -0.3 is 14.2 Å². The van der Waals surface area contributed by atoms with Gasteiger partial charge in [0.15, 0.2) is 0 Å². The molecule has 4 nitrogen and oxygen atoms in total. The fraction of sp³-hybridized carbons (Fsp3) is 0.917. The Labute approximate surface area is 100 Å². The van der Waals surface area contributed by atoms with Gasteiger partial charge in [-0.25, -0.2) is 4.39 Å². The third-order valence-electron chi connectivity index (χ3n) is 3.25. The number of hydrogen-bond donors (Lipinski definition) is 0. The van der Waals surface area contributed by atoms with E-state index in [0.29, 0.717) is 39.3 Å². The van der Waals surface area contributed by atoms with Gasteiger partial charge in [0.1, 0.15) is 17.6 Å². The highest BCUT2D eigenvalue weighted by Crippen LogP contribution is 2.30. The summed E-state index contributed by atoms with van der Waals surface area (Å²) in [4.78, 5) is 11.0. The first-order valence-corrected chi connectivity index (χ1v) is 6.16. The van der Waals surface area contributed by atoms with Crippen molar-refractivity contribution in [1.29, 1.82) is 0 Å². The smallest absolute Gasteiger partial charge is 0.135 e. The zero-order valence-corrected chi connectivity index (χ0v) is 9.95. The summed E-state index contributed by atoms with van der Waals surface area (Å²) in [5.41, 5.74) is -1.33. The second-order valence-corrected chi connectivity index (χ2v) is 4.77. The first kappa shape index (κ1) is 12.9. The molecule has 1 unspecified atom stereocenters. The predicted molar refractivity (Wildman–Crippen MR) is 58.7 cm³/mol. The van der Waals surface area contributed by atoms with Crippen molar-refractivity contribution in [3.05, 3.63) is 0 Å². The number of ketones is 1. The molecule has 0 aromatic rings. The van der Waals surface area contributed by atoms with Crippen LogP contribution >= 0.6 is 0 Å². The molecule has 17 heavy (non-hydrogen) atoms. The number of carbonyl (C=O) groups excluding carboxylic acids is 1. The Hall–Kier alpha value is -0.520. The maximum Gasteiger partial charge on any atom is 0.135 e. The van der Waals surface area contributed by atoms with Crippen molar-refractivity contribution in [1.82, 2.24) is 0 Å². The number of rotatable bonds is 4. The zero-order chi connectivity index (χ0) is 12.1. The molecule has 0 aromatic carbocycles. The molecule has 2 rings (SSSR count). The van der Waals surface area contributed by atoms with Crippen LogP contribution < -0.4 is 0 Å². The molecule has 1 saturated carbocycles. The normalized spacial score (nSPS) is 29.2. The number of halogens is 1. The standard InChI is InChI=1S/C12H19FO4/c13-12(3-1-10(14)2-4-12)9-16-8-11-7-15-5-6-17-11/h11H,1-9H2. The van der Waals surface area contributed by atoms with Crippen LogP contribution in [0.3, 0.4) is 0 Å². The fourth-order valence-corrected chi connectivity index (χ4v) is 2.13. The number of alkyl halides is 1. The number of carbonyl (C=O) groups is 1. The summed E-state index contributed by atoms with van der Waals surface area (Å²) >= 11 is 0. The quantitative estimate of drug-likeness (QED) is 0.749. The van der Waals surface area contributed by atoms with Crippen LogP contribution in [0.15, 0.2) is 0 Å². The van der Waals surface area contributed by atoms with E-state index in [1.807, 2.05) is 0 Å². The molecule has 0 amide bonds. The van der Waals surface area contributed by atoms with Gasteiger partial charge in [0.05, 0.1) is 33.0 Å². The first-order chi connectivity index (χ1) is 8.18. The third kappa shape index (κ3) is 4.01. The average molecular weight is 246 g/mol. The number of ether oxygens (including phenoxy) is 3. The maximum absolute atomic E-state index is 14.2. The van der Waals surface area contributed by atoms with Crippen LogP contribution in [-0.2, 0) is 19.0 Å². The Morgan fingerprint density at radius 3 is 2.76 bits per heavy atom. The van der Waals surface area contributed by atoms with Crippen LogP contribution in [0.25, 0.3) is 0 Å². The molecule has 0 aromatic heterocycles. The van der Waals surface area contributed by atoms with Gasteiger partial charge in [0, 0.05) is 12.8 Å². The lowest BCUT2D eigenvalue weighted by Crippen LogP contribution is -2.38. The Morgan fingerprint density at radius 2 is 2.12 bits per heavy atom. The van der Waals surface area contributed by atoms with Crippen LogP contribution in [0.2, 0.25) is 0 Å². The van der Waals surface area contributed by atoms with Crippen LogP contribution in [-0.4, -0.2) is 50.6 Å². The van der Waals surface area contributed by atoms with Crippen molar-refractivity contribution < 1.29 is 23.4 Å². The van der Waals surface area contributed by atoms with Crippen molar-refractivity contribution in [2.45, 2.75) is 37.5 Å². The van der Waals surface area contributed by atoms with Gasteiger partial charge in [-0.1, -0.05) is 0 Å². The molecular weight excluding hydrogens is 227 g/mol. The van der Waals surface area contributed by atoms with Crippen LogP contribution in [0.4, 0.5) is 4.39 Å². The third-order valence-corrected chi connectivity index (χ3v) is 3.25. The van der Waals surface area contributed by atoms with Crippen LogP contribution in [0.5, 0.6) is 0 Å². The molecule has 0 bridgehead atoms. The SMILES string of the molecule is O=C1CCC(F)(COCC2COCCO2)CC1. The lowest BCUT2D eigenvalue weighted by molar-refractivity contribution is -0.132. The molecule has 1 heterocycles. The summed E-state index contributed by atoms with van der Waals surface area (Å²) in [6, 6.07) is 0. The second-order valence-electron chi connectivity index (χ2n) is 4.77. The van der Waals surface area contributed by atoms with E-state index in [4.69, 9.17) is 14.2 Å². The Balaban J connectivity index is 1.65. The van der Waals surface area contributed by atoms with E-state index in [0.717, 1.165) is 0 Å². The second kappa shape index (κ2) is 5.89. The van der Waals surface area contributed by atoms with E-state index in [2.05, 4.69) is 0 Å². The maximum atomic E-state index is 14.2. The molecule has 1 aliphatic carbocycles. The zero-order valence-electron chi connectivity index (χ0n) is 9.95. The Kier molecular flexibility index (Phi) is 4.48. The van der Waals surface area contributed by atoms with Crippen molar-refractivity contribution in [2.75, 3.05) is 33.0 Å². The van der Waals surface area contributed by atoms with Crippen molar-refractivity contribution in [3.8, 4) is 0 Å². The van der Waals surface area contributed by atoms with Crippen molar-refractivity contribution in [2.24, 2.45) is 0 Å². The monoisotopic (exact) mass is 246 g/mol. The summed E-state index contributed by atoms with van der Waals surface area (Å²) in [6.07, 6.45) is 1.16. The number of hydrogen-bond acceptors (Lipinski definition) is 4. The van der Waals surface area contributed by atoms with E-state index in [9.17, 15) is 9.18 Å². The summed E-state index contributed by atoms with van der Waals surface area (Å²) in [6.45, 7) is 2.12. The van der Waals surface area contributed by atoms with Crippen molar-refractivity contribution >= 4 is 5.78 Å². The topological polar surface area (TPSA) is 44.8 Å². The molecule has 2 aliphatic rings. The molecule has 0 radical (unpaired) electrons. The minimum absolute atomic E-state index is 0.0557. The van der Waals surface area contributed by atoms with E-state index in [1.165, 1.54) is 0 Å². The Bertz CT molecular complexity index is 253. The van der Waals surface area contributed by atoms with Gasteiger partial charge in [-0.2, -0.15) is 0 Å². The minimum Gasteiger partial charge on any atom is -0.376 e. The average Bonchev–Trinajstić information content (AvgIpc) is 2.35. The Morgan fingerprint density at radius 1 is 1.35 bits per heavy atom. The lowest BCUT2D eigenvalue weighted by atomic mass is 9.86. The molecule has 1 saturated heterocycles. The molecule has 5 heteroatoms. The van der Waals surface area contributed by atoms with Gasteiger partial charge in [-0.05, 0) is 12.8 Å². The summed E-state index contributed by atoms with van der Waals surface area (Å²) < 4.78 is 30.1. The first-order valence-electron chi connectivity index (χ1n) is 6.16. The highest BCUT2D eigenvalue weighted by atomic mass is 19.1. The molecule has 1 aliphatic heterocycles. The molecule has 0 N–H and O–H groups in total. The van der Waals surface area contributed by atoms with E-state index in [-0.39, 0.29) is 31.3 Å². The van der Waals surface area contributed by atoms with Crippen LogP contribution in [0.1, 0.15) is 25.7 Å². The molecule has 0 spiro atoms. The van der Waals surface area contributed by atoms with E-state index < -0.39 is 5.67 Å². The van der Waals surface area contributed by atoms with E-state index in [1.54, 1.807) is 0 Å². The number of Topliss-reactive ketones (excluding diaryl/α,β-unsaturated/α-hetero) is 1. The van der Waals surface area contributed by atoms with Gasteiger partial charge in [0.2, 0.25) is 0 Å². The highest BCUT2D eigenvalue weighted by Gasteiger charge is 2.35. The van der Waals surface area contributed by atoms with Gasteiger partial charge in [0.25, 0.3) is 0 Å². The molecule has 1 atom stereocenters. The molecular formula is C12H19FO4. The highest BCUT2D eigenvalue weighted by molar-refractivity contribution is 5.79. The largest absolute Gasteiger partial charge is 0.376 e. The molecule has 98 valence electrons. The molecule has 2 fully saturated rings.